The lowest BCUT2D eigenvalue weighted by Gasteiger charge is -1.98. The van der Waals surface area contributed by atoms with Crippen LogP contribution in [0.15, 0.2) is 0 Å². The number of hydrogen-bond acceptors (Lipinski definition) is 2. The van der Waals surface area contributed by atoms with Crippen LogP contribution in [0.1, 0.15) is 26.2 Å². The first-order valence-electron chi connectivity index (χ1n) is 3.26. The van der Waals surface area contributed by atoms with Crippen LogP contribution in [0.4, 0.5) is 0 Å². The van der Waals surface area contributed by atoms with Crippen molar-refractivity contribution >= 4 is 19.0 Å². The summed E-state index contributed by atoms with van der Waals surface area (Å²) in [5, 5.41) is 8.73. The van der Waals surface area contributed by atoms with Gasteiger partial charge in [-0.2, -0.15) is 0 Å². The zero-order valence-electron chi connectivity index (χ0n) is 5.64. The van der Waals surface area contributed by atoms with Crippen molar-refractivity contribution in [2.24, 2.45) is 0 Å². The highest BCUT2D eigenvalue weighted by Crippen LogP contribution is 2.03. The first-order valence-corrected chi connectivity index (χ1v) is 3.57. The fraction of sp³-hybridized carbons (Fsp3) is 1.00. The van der Waals surface area contributed by atoms with Crippen molar-refractivity contribution in [2.45, 2.75) is 32.5 Å². The molecule has 0 aliphatic rings. The molecule has 0 amide bonds. The van der Waals surface area contributed by atoms with Gasteiger partial charge in [0.05, 0.1) is 0 Å². The van der Waals surface area contributed by atoms with E-state index in [1.807, 2.05) is 0 Å². The molecule has 0 heterocycles. The van der Waals surface area contributed by atoms with E-state index in [0.29, 0.717) is 6.32 Å². The average Bonchev–Trinajstić information content (AvgIpc) is 1.89. The van der Waals surface area contributed by atoms with Crippen LogP contribution in [0.2, 0.25) is 6.32 Å². The zero-order valence-corrected chi connectivity index (χ0v) is 6.40. The number of unbranched alkanes of at least 4 members (excludes halogenated alkanes) is 2. The van der Waals surface area contributed by atoms with Crippen molar-refractivity contribution in [3.05, 3.63) is 0 Å². The third-order valence-electron chi connectivity index (χ3n) is 1.16. The van der Waals surface area contributed by atoms with Crippen LogP contribution in [-0.2, 0) is 4.21 Å². The molecule has 0 radical (unpaired) electrons. The molecular formula is C5H12BClO2. The maximum atomic E-state index is 8.73. The molecule has 0 rings (SSSR count). The Balaban J connectivity index is 2.88. The quantitative estimate of drug-likeness (QED) is 0.479. The van der Waals surface area contributed by atoms with Gasteiger partial charge in [0, 0.05) is 11.9 Å². The summed E-state index contributed by atoms with van der Waals surface area (Å²) in [6, 6.07) is 0. The molecule has 0 unspecified atom stereocenters. The molecule has 0 bridgehead atoms. The summed E-state index contributed by atoms with van der Waals surface area (Å²) in [7, 11) is -0.779. The molecule has 0 aliphatic carbocycles. The van der Waals surface area contributed by atoms with Crippen molar-refractivity contribution in [3.8, 4) is 0 Å². The molecule has 0 saturated carbocycles. The van der Waals surface area contributed by atoms with Gasteiger partial charge in [-0.25, -0.2) is 0 Å². The largest absolute Gasteiger partial charge is 0.472 e. The van der Waals surface area contributed by atoms with Crippen molar-refractivity contribution < 1.29 is 9.23 Å². The molecule has 0 aliphatic heterocycles. The van der Waals surface area contributed by atoms with Gasteiger partial charge in [0.1, 0.15) is 0 Å². The lowest BCUT2D eigenvalue weighted by molar-refractivity contribution is 0.432. The second kappa shape index (κ2) is 6.40. The molecule has 1 N–H and O–H groups in total. The third-order valence-corrected chi connectivity index (χ3v) is 1.36. The second-order valence-corrected chi connectivity index (χ2v) is 2.22. The van der Waals surface area contributed by atoms with Crippen LogP contribution in [0.3, 0.4) is 0 Å². The first-order chi connectivity index (χ1) is 4.31. The topological polar surface area (TPSA) is 29.5 Å². The summed E-state index contributed by atoms with van der Waals surface area (Å²) in [4.78, 5) is 0. The highest BCUT2D eigenvalue weighted by Gasteiger charge is 2.09. The average molecular weight is 150 g/mol. The van der Waals surface area contributed by atoms with Crippen LogP contribution in [-0.4, -0.2) is 12.1 Å². The predicted molar refractivity (Wildman–Crippen MR) is 39.2 cm³/mol. The van der Waals surface area contributed by atoms with Gasteiger partial charge in [0.15, 0.2) is 0 Å². The smallest absolute Gasteiger partial charge is 0.426 e. The Morgan fingerprint density at radius 2 is 2.22 bits per heavy atom. The van der Waals surface area contributed by atoms with E-state index in [2.05, 4.69) is 11.1 Å². The van der Waals surface area contributed by atoms with Gasteiger partial charge in [-0.3, -0.25) is 0 Å². The van der Waals surface area contributed by atoms with E-state index < -0.39 is 7.12 Å². The fourth-order valence-corrected chi connectivity index (χ4v) is 0.703. The van der Waals surface area contributed by atoms with Gasteiger partial charge in [-0.1, -0.05) is 26.2 Å². The van der Waals surface area contributed by atoms with Gasteiger partial charge in [0.2, 0.25) is 0 Å². The molecular weight excluding hydrogens is 138 g/mol. The Hall–Kier alpha value is 0.275. The Kier molecular flexibility index (Phi) is 6.59. The number of rotatable bonds is 5. The summed E-state index contributed by atoms with van der Waals surface area (Å²) < 4.78 is 4.12. The number of hydrogen-bond donors (Lipinski definition) is 1. The summed E-state index contributed by atoms with van der Waals surface area (Å²) in [5.41, 5.74) is 0. The Morgan fingerprint density at radius 3 is 2.67 bits per heavy atom. The van der Waals surface area contributed by atoms with Gasteiger partial charge in [0.25, 0.3) is 0 Å². The molecule has 0 atom stereocenters. The van der Waals surface area contributed by atoms with Crippen LogP contribution >= 0.6 is 11.9 Å². The van der Waals surface area contributed by atoms with Gasteiger partial charge < -0.3 is 9.23 Å². The zero-order chi connectivity index (χ0) is 7.11. The summed E-state index contributed by atoms with van der Waals surface area (Å²) in [6.45, 7) is 2.11. The molecule has 9 heavy (non-hydrogen) atoms. The monoisotopic (exact) mass is 150 g/mol. The summed E-state index contributed by atoms with van der Waals surface area (Å²) in [5.74, 6) is 0. The summed E-state index contributed by atoms with van der Waals surface area (Å²) in [6.07, 6.45) is 3.88. The Bertz CT molecular complexity index is 62.9. The molecule has 0 saturated heterocycles. The lowest BCUT2D eigenvalue weighted by Crippen LogP contribution is -2.11. The first kappa shape index (κ1) is 9.27. The third kappa shape index (κ3) is 6.16. The standard InChI is InChI=1S/C5H12BClO2/c1-2-3-4-5-6(8)9-7/h8H,2-5H2,1H3. The van der Waals surface area contributed by atoms with Crippen LogP contribution in [0.25, 0.3) is 0 Å². The molecule has 0 aromatic rings. The van der Waals surface area contributed by atoms with Crippen LogP contribution in [0.5, 0.6) is 0 Å². The molecule has 0 spiro atoms. The Labute approximate surface area is 61.5 Å². The van der Waals surface area contributed by atoms with Gasteiger partial charge in [-0.05, 0) is 6.32 Å². The predicted octanol–water partition coefficient (Wildman–Crippen LogP) is 1.83. The minimum Gasteiger partial charge on any atom is -0.426 e. The Morgan fingerprint density at radius 1 is 1.56 bits per heavy atom. The van der Waals surface area contributed by atoms with E-state index in [1.165, 1.54) is 0 Å². The molecule has 0 aromatic heterocycles. The summed E-state index contributed by atoms with van der Waals surface area (Å²) >= 11 is 4.88. The minimum atomic E-state index is -0.779. The van der Waals surface area contributed by atoms with Gasteiger partial charge in [-0.15, -0.1) is 0 Å². The highest BCUT2D eigenvalue weighted by molar-refractivity contribution is 6.48. The van der Waals surface area contributed by atoms with E-state index in [0.717, 1.165) is 19.3 Å². The van der Waals surface area contributed by atoms with E-state index in [-0.39, 0.29) is 0 Å². The van der Waals surface area contributed by atoms with Crippen molar-refractivity contribution in [1.29, 1.82) is 0 Å². The van der Waals surface area contributed by atoms with Crippen molar-refractivity contribution in [2.75, 3.05) is 0 Å². The maximum absolute atomic E-state index is 8.73. The second-order valence-electron chi connectivity index (χ2n) is 2.04. The minimum absolute atomic E-state index is 0.636. The van der Waals surface area contributed by atoms with Crippen LogP contribution < -0.4 is 0 Å². The van der Waals surface area contributed by atoms with E-state index in [9.17, 15) is 0 Å². The maximum Gasteiger partial charge on any atom is 0.472 e. The molecule has 4 heteroatoms. The molecule has 2 nitrogen and oxygen atoms in total. The molecule has 54 valence electrons. The van der Waals surface area contributed by atoms with Crippen molar-refractivity contribution in [1.82, 2.24) is 0 Å². The molecule has 0 aromatic carbocycles. The van der Waals surface area contributed by atoms with Crippen LogP contribution in [0, 0.1) is 0 Å². The molecule has 0 fully saturated rings. The number of halogens is 1. The van der Waals surface area contributed by atoms with E-state index >= 15 is 0 Å². The van der Waals surface area contributed by atoms with Gasteiger partial charge >= 0.3 is 7.12 Å². The SMILES string of the molecule is CCCCCB(O)OCl. The van der Waals surface area contributed by atoms with Crippen molar-refractivity contribution in [3.63, 3.8) is 0 Å². The van der Waals surface area contributed by atoms with E-state index in [4.69, 9.17) is 16.9 Å². The lowest BCUT2D eigenvalue weighted by atomic mass is 9.83. The normalized spacial score (nSPS) is 9.67. The fourth-order valence-electron chi connectivity index (χ4n) is 0.614. The highest BCUT2D eigenvalue weighted by atomic mass is 35.5. The van der Waals surface area contributed by atoms with E-state index in [1.54, 1.807) is 0 Å².